The maximum atomic E-state index is 12.7. The molecule has 1 amide bonds. The van der Waals surface area contributed by atoms with Crippen LogP contribution < -0.4 is 5.56 Å². The SMILES string of the molecule is CCc1c(C)nc2cc([C@@H]3CCCN(C(=O)CCCn4cncn4)C3)[nH]n2c1=O. The van der Waals surface area contributed by atoms with E-state index in [-0.39, 0.29) is 17.4 Å². The summed E-state index contributed by atoms with van der Waals surface area (Å²) in [4.78, 5) is 35.8. The summed E-state index contributed by atoms with van der Waals surface area (Å²) in [5, 5.41) is 7.31. The number of carbonyl (C=O) groups is 1. The summed E-state index contributed by atoms with van der Waals surface area (Å²) >= 11 is 0. The van der Waals surface area contributed by atoms with E-state index in [2.05, 4.69) is 20.2 Å². The molecule has 29 heavy (non-hydrogen) atoms. The average molecular weight is 397 g/mol. The predicted octanol–water partition coefficient (Wildman–Crippen LogP) is 1.67. The molecule has 4 rings (SSSR count). The number of amides is 1. The summed E-state index contributed by atoms with van der Waals surface area (Å²) < 4.78 is 3.29. The van der Waals surface area contributed by atoms with Crippen LogP contribution in [-0.2, 0) is 17.8 Å². The first kappa shape index (κ1) is 19.4. The molecule has 1 fully saturated rings. The van der Waals surface area contributed by atoms with E-state index >= 15 is 0 Å². The van der Waals surface area contributed by atoms with Crippen LogP contribution in [0.2, 0.25) is 0 Å². The molecule has 1 aliphatic rings. The van der Waals surface area contributed by atoms with Gasteiger partial charge in [0.2, 0.25) is 5.91 Å². The van der Waals surface area contributed by atoms with Gasteiger partial charge >= 0.3 is 0 Å². The predicted molar refractivity (Wildman–Crippen MR) is 108 cm³/mol. The lowest BCUT2D eigenvalue weighted by Crippen LogP contribution is -2.39. The van der Waals surface area contributed by atoms with E-state index in [1.165, 1.54) is 6.33 Å². The van der Waals surface area contributed by atoms with Crippen molar-refractivity contribution in [1.82, 2.24) is 34.3 Å². The summed E-state index contributed by atoms with van der Waals surface area (Å²) in [6.45, 7) is 6.00. The fourth-order valence-corrected chi connectivity index (χ4v) is 4.16. The van der Waals surface area contributed by atoms with E-state index in [0.29, 0.717) is 31.6 Å². The Hall–Kier alpha value is -2.97. The topological polar surface area (TPSA) is 101 Å². The van der Waals surface area contributed by atoms with Crippen molar-refractivity contribution < 1.29 is 4.79 Å². The molecule has 9 nitrogen and oxygen atoms in total. The molecule has 3 aromatic heterocycles. The van der Waals surface area contributed by atoms with Crippen molar-refractivity contribution in [3.05, 3.63) is 46.0 Å². The number of nitrogens with zero attached hydrogens (tertiary/aromatic N) is 6. The number of aryl methyl sites for hydroxylation is 2. The van der Waals surface area contributed by atoms with Gasteiger partial charge in [-0.15, -0.1) is 0 Å². The van der Waals surface area contributed by atoms with Crippen molar-refractivity contribution in [3.8, 4) is 0 Å². The van der Waals surface area contributed by atoms with Crippen LogP contribution in [0.25, 0.3) is 5.65 Å². The highest BCUT2D eigenvalue weighted by Gasteiger charge is 2.26. The van der Waals surface area contributed by atoms with Crippen molar-refractivity contribution >= 4 is 11.6 Å². The van der Waals surface area contributed by atoms with Crippen molar-refractivity contribution in [1.29, 1.82) is 0 Å². The first-order chi connectivity index (χ1) is 14.1. The Morgan fingerprint density at radius 2 is 2.24 bits per heavy atom. The van der Waals surface area contributed by atoms with Gasteiger partial charge in [-0.3, -0.25) is 19.4 Å². The number of carbonyl (C=O) groups excluding carboxylic acids is 1. The molecule has 1 aliphatic heterocycles. The second kappa shape index (κ2) is 8.18. The first-order valence-electron chi connectivity index (χ1n) is 10.3. The lowest BCUT2D eigenvalue weighted by molar-refractivity contribution is -0.132. The van der Waals surface area contributed by atoms with Gasteiger partial charge in [-0.05, 0) is 32.6 Å². The second-order valence-electron chi connectivity index (χ2n) is 7.68. The Morgan fingerprint density at radius 3 is 3.00 bits per heavy atom. The molecule has 1 N–H and O–H groups in total. The Balaban J connectivity index is 1.44. The van der Waals surface area contributed by atoms with Gasteiger partial charge in [0.15, 0.2) is 5.65 Å². The van der Waals surface area contributed by atoms with Crippen LogP contribution in [0.3, 0.4) is 0 Å². The van der Waals surface area contributed by atoms with Crippen LogP contribution >= 0.6 is 0 Å². The van der Waals surface area contributed by atoms with Crippen LogP contribution in [0.5, 0.6) is 0 Å². The Morgan fingerprint density at radius 1 is 1.38 bits per heavy atom. The number of hydrogen-bond donors (Lipinski definition) is 1. The Labute approximate surface area is 168 Å². The molecule has 154 valence electrons. The van der Waals surface area contributed by atoms with E-state index < -0.39 is 0 Å². The second-order valence-corrected chi connectivity index (χ2v) is 7.68. The minimum absolute atomic E-state index is 0.0295. The van der Waals surface area contributed by atoms with Crippen LogP contribution in [0.4, 0.5) is 0 Å². The van der Waals surface area contributed by atoms with Gasteiger partial charge < -0.3 is 4.90 Å². The van der Waals surface area contributed by atoms with Gasteiger partial charge in [0.25, 0.3) is 5.56 Å². The molecule has 0 saturated carbocycles. The summed E-state index contributed by atoms with van der Waals surface area (Å²) in [6, 6.07) is 1.96. The fourth-order valence-electron chi connectivity index (χ4n) is 4.16. The maximum absolute atomic E-state index is 12.7. The summed E-state index contributed by atoms with van der Waals surface area (Å²) in [5.41, 5.74) is 3.12. The molecule has 0 spiro atoms. The summed E-state index contributed by atoms with van der Waals surface area (Å²) in [6.07, 6.45) is 7.02. The van der Waals surface area contributed by atoms with Gasteiger partial charge in [-0.25, -0.2) is 14.5 Å². The van der Waals surface area contributed by atoms with E-state index in [4.69, 9.17) is 0 Å². The van der Waals surface area contributed by atoms with Crippen molar-refractivity contribution in [2.24, 2.45) is 0 Å². The number of nitrogens with one attached hydrogen (secondary N) is 1. The van der Waals surface area contributed by atoms with Crippen molar-refractivity contribution in [3.63, 3.8) is 0 Å². The van der Waals surface area contributed by atoms with Crippen LogP contribution in [-0.4, -0.2) is 53.3 Å². The number of likely N-dealkylation sites (tertiary alicyclic amines) is 1. The zero-order valence-electron chi connectivity index (χ0n) is 17.0. The molecule has 0 aliphatic carbocycles. The summed E-state index contributed by atoms with van der Waals surface area (Å²) in [5.74, 6) is 0.361. The zero-order valence-corrected chi connectivity index (χ0v) is 17.0. The van der Waals surface area contributed by atoms with Crippen LogP contribution in [0, 0.1) is 6.92 Å². The largest absolute Gasteiger partial charge is 0.342 e. The lowest BCUT2D eigenvalue weighted by atomic mass is 9.94. The van der Waals surface area contributed by atoms with Gasteiger partial charge in [-0.1, -0.05) is 6.92 Å². The molecule has 9 heteroatoms. The molecule has 4 heterocycles. The van der Waals surface area contributed by atoms with Gasteiger partial charge in [0.05, 0.1) is 0 Å². The third kappa shape index (κ3) is 3.94. The van der Waals surface area contributed by atoms with Gasteiger partial charge in [-0.2, -0.15) is 5.10 Å². The quantitative estimate of drug-likeness (QED) is 0.682. The van der Waals surface area contributed by atoms with Crippen LogP contribution in [0.15, 0.2) is 23.5 Å². The van der Waals surface area contributed by atoms with E-state index in [1.807, 2.05) is 24.8 Å². The molecular formula is C20H27N7O2. The monoisotopic (exact) mass is 397 g/mol. The third-order valence-corrected chi connectivity index (χ3v) is 5.75. The minimum Gasteiger partial charge on any atom is -0.342 e. The number of fused-ring (bicyclic) bond motifs is 1. The molecule has 1 atom stereocenters. The van der Waals surface area contributed by atoms with Crippen molar-refractivity contribution in [2.75, 3.05) is 13.1 Å². The molecule has 3 aromatic rings. The molecule has 0 bridgehead atoms. The van der Waals surface area contributed by atoms with E-state index in [0.717, 1.165) is 42.8 Å². The van der Waals surface area contributed by atoms with Gasteiger partial charge in [0, 0.05) is 55.0 Å². The van der Waals surface area contributed by atoms with E-state index in [9.17, 15) is 9.59 Å². The molecule has 0 radical (unpaired) electrons. The minimum atomic E-state index is -0.0295. The number of hydrogen-bond acceptors (Lipinski definition) is 5. The Bertz CT molecular complexity index is 1050. The highest BCUT2D eigenvalue weighted by molar-refractivity contribution is 5.76. The van der Waals surface area contributed by atoms with E-state index in [1.54, 1.807) is 15.5 Å². The standard InChI is InChI=1S/C20H27N7O2/c1-3-16-14(2)23-18-10-17(24-27(18)20(16)29)15-6-4-8-25(11-15)19(28)7-5-9-26-13-21-12-22-26/h10,12-13,15,24H,3-9,11H2,1-2H3/t15-/m1/s1. The number of aromatic nitrogens is 6. The highest BCUT2D eigenvalue weighted by Crippen LogP contribution is 2.27. The average Bonchev–Trinajstić information content (AvgIpc) is 3.38. The molecule has 0 unspecified atom stereocenters. The zero-order chi connectivity index (χ0) is 20.4. The van der Waals surface area contributed by atoms with Gasteiger partial charge in [0.1, 0.15) is 12.7 Å². The molecular weight excluding hydrogens is 370 g/mol. The maximum Gasteiger partial charge on any atom is 0.276 e. The Kier molecular flexibility index (Phi) is 5.46. The first-order valence-corrected chi connectivity index (χ1v) is 10.3. The third-order valence-electron chi connectivity index (χ3n) is 5.75. The normalized spacial score (nSPS) is 17.2. The van der Waals surface area contributed by atoms with Crippen molar-refractivity contribution in [2.45, 2.75) is 58.4 Å². The number of rotatable bonds is 6. The number of aromatic amines is 1. The smallest absolute Gasteiger partial charge is 0.276 e. The number of piperidine rings is 1. The summed E-state index contributed by atoms with van der Waals surface area (Å²) in [7, 11) is 0. The lowest BCUT2D eigenvalue weighted by Gasteiger charge is -2.32. The number of H-pyrrole nitrogens is 1. The molecule has 0 aromatic carbocycles. The fraction of sp³-hybridized carbons (Fsp3) is 0.550. The highest BCUT2D eigenvalue weighted by atomic mass is 16.2. The molecule has 1 saturated heterocycles. The van der Waals surface area contributed by atoms with Crippen LogP contribution in [0.1, 0.15) is 55.5 Å².